The van der Waals surface area contributed by atoms with E-state index in [0.29, 0.717) is 25.1 Å². The highest BCUT2D eigenvalue weighted by Gasteiger charge is 2.31. The molecule has 2 N–H and O–H groups in total. The molecule has 7 nitrogen and oxygen atoms in total. The van der Waals surface area contributed by atoms with Gasteiger partial charge in [-0.25, -0.2) is 0 Å². The van der Waals surface area contributed by atoms with Crippen LogP contribution in [-0.2, 0) is 0 Å². The Morgan fingerprint density at radius 3 is 2.71 bits per heavy atom. The summed E-state index contributed by atoms with van der Waals surface area (Å²) in [5.74, 6) is -0.687. The van der Waals surface area contributed by atoms with E-state index in [2.05, 4.69) is 5.10 Å². The van der Waals surface area contributed by atoms with Crippen molar-refractivity contribution in [2.75, 3.05) is 18.8 Å². The lowest BCUT2D eigenvalue weighted by atomic mass is 9.96. The highest BCUT2D eigenvalue weighted by molar-refractivity contribution is 5.95. The first-order valence-electron chi connectivity index (χ1n) is 7.74. The molecule has 1 atom stereocenters. The zero-order chi connectivity index (χ0) is 17.1. The minimum absolute atomic E-state index is 0.0500. The summed E-state index contributed by atoms with van der Waals surface area (Å²) in [5, 5.41) is 12.8. The molecule has 1 aromatic heterocycles. The predicted octanol–water partition coefficient (Wildman–Crippen LogP) is 1.53. The summed E-state index contributed by atoms with van der Waals surface area (Å²) in [7, 11) is 0. The Labute approximate surface area is 139 Å². The second-order valence-corrected chi connectivity index (χ2v) is 5.76. The van der Waals surface area contributed by atoms with E-state index >= 15 is 0 Å². The Kier molecular flexibility index (Phi) is 4.29. The van der Waals surface area contributed by atoms with Crippen LogP contribution in [0.2, 0.25) is 0 Å². The van der Waals surface area contributed by atoms with Crippen LogP contribution in [0.25, 0.3) is 0 Å². The fraction of sp³-hybridized carbons (Fsp3) is 0.294. The molecular weight excluding hydrogens is 306 g/mol. The van der Waals surface area contributed by atoms with Crippen LogP contribution < -0.4 is 5.73 Å². The standard InChI is InChI=1S/C17H17N5O2/c18-9-14-10-20-22(15(14)19)17(24)13-7-4-8-21(11-13)16(23)12-5-2-1-3-6-12/h1-3,5-6,10,13H,4,7-8,11,19H2/t13-/m0/s1. The predicted molar refractivity (Wildman–Crippen MR) is 87.1 cm³/mol. The number of benzene rings is 1. The second kappa shape index (κ2) is 6.54. The number of carbonyl (C=O) groups excluding carboxylic acids is 2. The molecule has 0 radical (unpaired) electrons. The first kappa shape index (κ1) is 15.7. The van der Waals surface area contributed by atoms with Crippen LogP contribution in [0, 0.1) is 17.2 Å². The van der Waals surface area contributed by atoms with Crippen molar-refractivity contribution in [1.29, 1.82) is 5.26 Å². The van der Waals surface area contributed by atoms with Gasteiger partial charge in [-0.15, -0.1) is 0 Å². The SMILES string of the molecule is N#Cc1cnn(C(=O)[C@H]2CCCN(C(=O)c3ccccc3)C2)c1N. The molecule has 2 heterocycles. The highest BCUT2D eigenvalue weighted by Crippen LogP contribution is 2.22. The molecule has 24 heavy (non-hydrogen) atoms. The third-order valence-electron chi connectivity index (χ3n) is 4.21. The number of carbonyl (C=O) groups is 2. The molecule has 7 heteroatoms. The summed E-state index contributed by atoms with van der Waals surface area (Å²) in [6.45, 7) is 0.948. The van der Waals surface area contributed by atoms with E-state index in [4.69, 9.17) is 11.0 Å². The van der Waals surface area contributed by atoms with Crippen molar-refractivity contribution in [1.82, 2.24) is 14.7 Å². The number of aromatic nitrogens is 2. The van der Waals surface area contributed by atoms with Gasteiger partial charge in [-0.2, -0.15) is 15.0 Å². The zero-order valence-electron chi connectivity index (χ0n) is 13.1. The Morgan fingerprint density at radius 2 is 2.04 bits per heavy atom. The average molecular weight is 323 g/mol. The van der Waals surface area contributed by atoms with Crippen molar-refractivity contribution in [2.24, 2.45) is 5.92 Å². The van der Waals surface area contributed by atoms with Crippen LogP contribution in [-0.4, -0.2) is 39.6 Å². The van der Waals surface area contributed by atoms with Crippen LogP contribution in [0.5, 0.6) is 0 Å². The molecule has 2 aromatic rings. The number of rotatable bonds is 2. The van der Waals surface area contributed by atoms with Crippen LogP contribution in [0.4, 0.5) is 5.82 Å². The van der Waals surface area contributed by atoms with Crippen LogP contribution >= 0.6 is 0 Å². The van der Waals surface area contributed by atoms with Gasteiger partial charge in [0.2, 0.25) is 0 Å². The smallest absolute Gasteiger partial charge is 0.253 e. The summed E-state index contributed by atoms with van der Waals surface area (Å²) in [6.07, 6.45) is 2.68. The van der Waals surface area contributed by atoms with Gasteiger partial charge in [-0.05, 0) is 25.0 Å². The maximum atomic E-state index is 12.6. The van der Waals surface area contributed by atoms with Gasteiger partial charge in [0.05, 0.1) is 12.1 Å². The lowest BCUT2D eigenvalue weighted by Gasteiger charge is -2.32. The number of hydrogen-bond donors (Lipinski definition) is 1. The normalized spacial score (nSPS) is 17.3. The van der Waals surface area contributed by atoms with Gasteiger partial charge < -0.3 is 10.6 Å². The molecule has 0 saturated carbocycles. The van der Waals surface area contributed by atoms with Crippen LogP contribution in [0.3, 0.4) is 0 Å². The number of nitrogen functional groups attached to an aromatic ring is 1. The number of likely N-dealkylation sites (tertiary alicyclic amines) is 1. The zero-order valence-corrected chi connectivity index (χ0v) is 13.1. The monoisotopic (exact) mass is 323 g/mol. The number of nitrogens with two attached hydrogens (primary N) is 1. The molecule has 1 aliphatic rings. The summed E-state index contributed by atoms with van der Waals surface area (Å²) in [5.41, 5.74) is 6.57. The van der Waals surface area contributed by atoms with Gasteiger partial charge in [0.25, 0.3) is 11.8 Å². The summed E-state index contributed by atoms with van der Waals surface area (Å²) >= 11 is 0. The second-order valence-electron chi connectivity index (χ2n) is 5.76. The third-order valence-corrected chi connectivity index (χ3v) is 4.21. The van der Waals surface area contributed by atoms with Gasteiger partial charge >= 0.3 is 0 Å². The molecule has 122 valence electrons. The van der Waals surface area contributed by atoms with Crippen molar-refractivity contribution in [3.05, 3.63) is 47.7 Å². The van der Waals surface area contributed by atoms with E-state index in [1.165, 1.54) is 6.20 Å². The maximum Gasteiger partial charge on any atom is 0.253 e. The summed E-state index contributed by atoms with van der Waals surface area (Å²) in [4.78, 5) is 26.9. The molecule has 3 rings (SSSR count). The molecule has 0 bridgehead atoms. The fourth-order valence-electron chi connectivity index (χ4n) is 2.92. The van der Waals surface area contributed by atoms with Crippen molar-refractivity contribution in [2.45, 2.75) is 12.8 Å². The third kappa shape index (κ3) is 2.86. The van der Waals surface area contributed by atoms with Crippen molar-refractivity contribution >= 4 is 17.6 Å². The van der Waals surface area contributed by atoms with E-state index < -0.39 is 0 Å². The highest BCUT2D eigenvalue weighted by atomic mass is 16.2. The molecule has 1 saturated heterocycles. The lowest BCUT2D eigenvalue weighted by molar-refractivity contribution is 0.0600. The molecular formula is C17H17N5O2. The van der Waals surface area contributed by atoms with E-state index in [9.17, 15) is 9.59 Å². The van der Waals surface area contributed by atoms with Crippen LogP contribution in [0.15, 0.2) is 36.5 Å². The first-order chi connectivity index (χ1) is 11.6. The van der Waals surface area contributed by atoms with Crippen molar-refractivity contribution < 1.29 is 9.59 Å². The number of anilines is 1. The first-order valence-corrected chi connectivity index (χ1v) is 7.74. The van der Waals surface area contributed by atoms with Gasteiger partial charge in [-0.3, -0.25) is 9.59 Å². The quantitative estimate of drug-likeness (QED) is 0.902. The minimum atomic E-state index is -0.375. The largest absolute Gasteiger partial charge is 0.382 e. The van der Waals surface area contributed by atoms with Crippen molar-refractivity contribution in [3.8, 4) is 6.07 Å². The average Bonchev–Trinajstić information content (AvgIpc) is 3.02. The van der Waals surface area contributed by atoms with Crippen LogP contribution in [0.1, 0.15) is 33.6 Å². The molecule has 1 aliphatic heterocycles. The molecule has 0 aliphatic carbocycles. The van der Waals surface area contributed by atoms with Gasteiger partial charge in [-0.1, -0.05) is 18.2 Å². The lowest BCUT2D eigenvalue weighted by Crippen LogP contribution is -2.43. The Balaban J connectivity index is 1.76. The van der Waals surface area contributed by atoms with E-state index in [1.807, 2.05) is 24.3 Å². The molecule has 0 unspecified atom stereocenters. The van der Waals surface area contributed by atoms with E-state index in [0.717, 1.165) is 11.1 Å². The van der Waals surface area contributed by atoms with E-state index in [-0.39, 0.29) is 29.1 Å². The van der Waals surface area contributed by atoms with Gasteiger partial charge in [0, 0.05) is 18.7 Å². The molecule has 1 aromatic carbocycles. The fourth-order valence-corrected chi connectivity index (χ4v) is 2.92. The molecule has 1 amide bonds. The number of nitrogens with zero attached hydrogens (tertiary/aromatic N) is 4. The number of amides is 1. The number of hydrogen-bond acceptors (Lipinski definition) is 5. The topological polar surface area (TPSA) is 105 Å². The number of piperidine rings is 1. The Morgan fingerprint density at radius 1 is 1.29 bits per heavy atom. The summed E-state index contributed by atoms with van der Waals surface area (Å²) in [6, 6.07) is 10.9. The Bertz CT molecular complexity index is 806. The van der Waals surface area contributed by atoms with Gasteiger partial charge in [0.15, 0.2) is 0 Å². The van der Waals surface area contributed by atoms with Crippen molar-refractivity contribution in [3.63, 3.8) is 0 Å². The minimum Gasteiger partial charge on any atom is -0.382 e. The molecule has 1 fully saturated rings. The Hall–Kier alpha value is -3.14. The summed E-state index contributed by atoms with van der Waals surface area (Å²) < 4.78 is 1.07. The maximum absolute atomic E-state index is 12.6. The number of nitriles is 1. The van der Waals surface area contributed by atoms with E-state index in [1.54, 1.807) is 17.0 Å². The van der Waals surface area contributed by atoms with Gasteiger partial charge in [0.1, 0.15) is 17.5 Å². The molecule has 0 spiro atoms.